The van der Waals surface area contributed by atoms with Crippen LogP contribution in [0.1, 0.15) is 111 Å². The molecule has 7 nitrogen and oxygen atoms in total. The monoisotopic (exact) mass is 560 g/mol. The summed E-state index contributed by atoms with van der Waals surface area (Å²) in [6.45, 7) is 29.1. The Hall–Kier alpha value is -0.800. The van der Waals surface area contributed by atoms with Crippen molar-refractivity contribution in [1.29, 1.82) is 0 Å². The number of carbonyl (C=O) groups is 2. The zero-order valence-corrected chi connectivity index (χ0v) is 28.0. The third-order valence-electron chi connectivity index (χ3n) is 5.34. The van der Waals surface area contributed by atoms with Crippen LogP contribution in [0.5, 0.6) is 0 Å². The quantitative estimate of drug-likeness (QED) is 0.418. The molecule has 9 heteroatoms. The number of Topliss-reactive ketones (excluding diaryl/α,β-unsaturated/α-hetero) is 2. The third kappa shape index (κ3) is 33.2. The van der Waals surface area contributed by atoms with Gasteiger partial charge in [-0.15, -0.1) is 0 Å². The summed E-state index contributed by atoms with van der Waals surface area (Å²) in [6.07, 6.45) is 1.23. The molecule has 222 valence electrons. The van der Waals surface area contributed by atoms with E-state index in [1.54, 1.807) is 41.5 Å². The summed E-state index contributed by atoms with van der Waals surface area (Å²) < 4.78 is 42.1. The Kier molecular flexibility index (Phi) is 26.5. The normalized spacial score (nSPS) is 11.7. The molecule has 0 rings (SSSR count). The number of aliphatic hydroxyl groups is 1. The van der Waals surface area contributed by atoms with E-state index in [1.807, 2.05) is 69.2 Å². The van der Waals surface area contributed by atoms with E-state index in [0.29, 0.717) is 11.7 Å². The Morgan fingerprint density at radius 3 is 0.917 bits per heavy atom. The average Bonchev–Trinajstić information content (AvgIpc) is 2.67. The van der Waals surface area contributed by atoms with E-state index >= 15 is 0 Å². The lowest BCUT2D eigenvalue weighted by molar-refractivity contribution is -0.124. The predicted molar refractivity (Wildman–Crippen MR) is 156 cm³/mol. The Balaban J connectivity index is -0.000000112. The molecule has 0 bridgehead atoms. The number of ketones is 2. The Morgan fingerprint density at radius 1 is 0.694 bits per heavy atom. The van der Waals surface area contributed by atoms with Crippen molar-refractivity contribution in [1.82, 2.24) is 0 Å². The Labute approximate surface area is 225 Å². The molecule has 0 heterocycles. The van der Waals surface area contributed by atoms with Crippen molar-refractivity contribution in [2.45, 2.75) is 127 Å². The van der Waals surface area contributed by atoms with Crippen LogP contribution in [-0.2, 0) is 29.3 Å². The van der Waals surface area contributed by atoms with Gasteiger partial charge in [0.05, 0.1) is 16.1 Å². The molecule has 36 heavy (non-hydrogen) atoms. The van der Waals surface area contributed by atoms with Crippen molar-refractivity contribution < 1.29 is 31.5 Å². The highest BCUT2D eigenvalue weighted by molar-refractivity contribution is 7.92. The summed E-state index contributed by atoms with van der Waals surface area (Å²) in [5.74, 6) is 1.84. The second-order valence-electron chi connectivity index (χ2n) is 11.2. The lowest BCUT2D eigenvalue weighted by atomic mass is 9.95. The molecule has 0 atom stereocenters. The summed E-state index contributed by atoms with van der Waals surface area (Å²) in [6, 6.07) is 0. The van der Waals surface area contributed by atoms with Gasteiger partial charge in [0.15, 0.2) is 9.84 Å². The maximum atomic E-state index is 10.8. The van der Waals surface area contributed by atoms with E-state index in [2.05, 4.69) is 0 Å². The number of hydrogen-bond donors (Lipinski definition) is 1. The van der Waals surface area contributed by atoms with E-state index < -0.39 is 25.3 Å². The molecule has 0 aromatic heterocycles. The molecular formula is C27H60O7S2. The molecule has 0 spiro atoms. The average molecular weight is 561 g/mol. The van der Waals surface area contributed by atoms with E-state index in [9.17, 15) is 26.4 Å². The largest absolute Gasteiger partial charge is 0.390 e. The van der Waals surface area contributed by atoms with Crippen molar-refractivity contribution in [3.8, 4) is 0 Å². The molecule has 0 amide bonds. The maximum absolute atomic E-state index is 10.8. The first-order chi connectivity index (χ1) is 15.6. The smallest absolute Gasteiger partial charge is 0.152 e. The summed E-state index contributed by atoms with van der Waals surface area (Å²) in [4.78, 5) is 21.0. The van der Waals surface area contributed by atoms with Crippen LogP contribution in [0.25, 0.3) is 0 Å². The first-order valence-electron chi connectivity index (χ1n) is 12.8. The van der Waals surface area contributed by atoms with Crippen LogP contribution in [0.3, 0.4) is 0 Å². The van der Waals surface area contributed by atoms with Crippen LogP contribution in [0.4, 0.5) is 0 Å². The van der Waals surface area contributed by atoms with Gasteiger partial charge in [0.2, 0.25) is 0 Å². The van der Waals surface area contributed by atoms with Gasteiger partial charge in [-0.2, -0.15) is 0 Å². The van der Waals surface area contributed by atoms with E-state index in [1.165, 1.54) is 6.26 Å². The van der Waals surface area contributed by atoms with Gasteiger partial charge in [0, 0.05) is 29.8 Å². The minimum atomic E-state index is -2.74. The SMILES string of the molecule is CC(=O)C(C)C.CC(C)C(=O)C(C)C.CC(C)C(C)(C)O.CC(C)S(C)(=O)=O.CCS(=O)(=O)C(C)C. The Bertz CT molecular complexity index is 757. The van der Waals surface area contributed by atoms with E-state index in [0.717, 1.165) is 0 Å². The van der Waals surface area contributed by atoms with Gasteiger partial charge in [0.1, 0.15) is 21.4 Å². The molecule has 0 saturated carbocycles. The highest BCUT2D eigenvalue weighted by Crippen LogP contribution is 2.13. The van der Waals surface area contributed by atoms with Gasteiger partial charge < -0.3 is 5.11 Å². The molecule has 1 N–H and O–H groups in total. The first-order valence-corrected chi connectivity index (χ1v) is 16.4. The molecule has 0 aliphatic heterocycles. The van der Waals surface area contributed by atoms with Gasteiger partial charge in [-0.3, -0.25) is 9.59 Å². The molecule has 0 aromatic carbocycles. The molecule has 0 radical (unpaired) electrons. The third-order valence-corrected chi connectivity index (χ3v) is 9.29. The molecule has 0 aromatic rings. The van der Waals surface area contributed by atoms with Crippen molar-refractivity contribution >= 4 is 31.2 Å². The fraction of sp³-hybridized carbons (Fsp3) is 0.926. The Morgan fingerprint density at radius 2 is 0.917 bits per heavy atom. The molecular weight excluding hydrogens is 500 g/mol. The molecule has 0 fully saturated rings. The standard InChI is InChI=1S/C7H14O.C6H14O.C5H12O2S.C5H10O.C4H10O2S/c1-5(2)7(8)6(3)4;1-5(2)6(3,4)7;1-4-8(6,7)5(2)3;1-4(2)5(3)6;1-4(2)7(3,5)6/h5-6H,1-4H3;5,7H,1-4H3;5H,4H2,1-3H3;4H,1-3H3;4H,1-3H3. The van der Waals surface area contributed by atoms with Gasteiger partial charge in [-0.1, -0.05) is 62.3 Å². The van der Waals surface area contributed by atoms with Crippen LogP contribution in [0.15, 0.2) is 0 Å². The number of hydrogen-bond acceptors (Lipinski definition) is 7. The minimum absolute atomic E-state index is 0.204. The fourth-order valence-corrected chi connectivity index (χ4v) is 1.67. The number of sulfone groups is 2. The summed E-state index contributed by atoms with van der Waals surface area (Å²) in [5, 5.41) is 8.65. The van der Waals surface area contributed by atoms with Crippen LogP contribution >= 0.6 is 0 Å². The molecule has 0 aliphatic rings. The summed E-state index contributed by atoms with van der Waals surface area (Å²) in [5.41, 5.74) is -0.500. The van der Waals surface area contributed by atoms with Gasteiger partial charge >= 0.3 is 0 Å². The van der Waals surface area contributed by atoms with Gasteiger partial charge in [0.25, 0.3) is 0 Å². The van der Waals surface area contributed by atoms with E-state index in [-0.39, 0.29) is 39.8 Å². The summed E-state index contributed by atoms with van der Waals surface area (Å²) >= 11 is 0. The zero-order valence-electron chi connectivity index (χ0n) is 26.4. The minimum Gasteiger partial charge on any atom is -0.390 e. The fourth-order valence-electron chi connectivity index (χ4n) is 1.00. The molecule has 0 saturated heterocycles. The van der Waals surface area contributed by atoms with Crippen molar-refractivity contribution in [2.24, 2.45) is 23.7 Å². The van der Waals surface area contributed by atoms with Gasteiger partial charge in [-0.25, -0.2) is 16.8 Å². The highest BCUT2D eigenvalue weighted by atomic mass is 32.2. The highest BCUT2D eigenvalue weighted by Gasteiger charge is 2.16. The van der Waals surface area contributed by atoms with Gasteiger partial charge in [-0.05, 0) is 54.4 Å². The molecule has 0 unspecified atom stereocenters. The van der Waals surface area contributed by atoms with Crippen LogP contribution < -0.4 is 0 Å². The van der Waals surface area contributed by atoms with Crippen molar-refractivity contribution in [3.63, 3.8) is 0 Å². The maximum Gasteiger partial charge on any atom is 0.152 e. The number of rotatable bonds is 7. The lowest BCUT2D eigenvalue weighted by Gasteiger charge is -2.21. The first kappa shape index (κ1) is 45.1. The van der Waals surface area contributed by atoms with Crippen LogP contribution in [0, 0.1) is 23.7 Å². The van der Waals surface area contributed by atoms with Crippen molar-refractivity contribution in [2.75, 3.05) is 12.0 Å². The van der Waals surface area contributed by atoms with Crippen LogP contribution in [-0.4, -0.2) is 61.6 Å². The number of carbonyl (C=O) groups excluding carboxylic acids is 2. The lowest BCUT2D eigenvalue weighted by Crippen LogP contribution is -2.25. The zero-order chi connectivity index (χ0) is 30.8. The predicted octanol–water partition coefficient (Wildman–Crippen LogP) is 5.78. The van der Waals surface area contributed by atoms with Crippen LogP contribution in [0.2, 0.25) is 0 Å². The second kappa shape index (κ2) is 21.2. The van der Waals surface area contributed by atoms with Crippen molar-refractivity contribution in [3.05, 3.63) is 0 Å². The second-order valence-corrected chi connectivity index (χ2v) is 16.6. The topological polar surface area (TPSA) is 123 Å². The van der Waals surface area contributed by atoms with E-state index in [4.69, 9.17) is 5.11 Å². The molecule has 0 aliphatic carbocycles. The summed E-state index contributed by atoms with van der Waals surface area (Å²) in [7, 11) is -5.48.